The van der Waals surface area contributed by atoms with Crippen LogP contribution in [-0.2, 0) is 4.79 Å². The monoisotopic (exact) mass is 360 g/mol. The number of carbonyl (C=O) groups is 1. The van der Waals surface area contributed by atoms with Crippen molar-refractivity contribution >= 4 is 35.0 Å². The highest BCUT2D eigenvalue weighted by atomic mass is 35.5. The van der Waals surface area contributed by atoms with E-state index in [9.17, 15) is 4.79 Å². The number of anilines is 1. The molecule has 3 rings (SSSR count). The molecule has 2 aromatic rings. The van der Waals surface area contributed by atoms with Crippen LogP contribution in [0.2, 0.25) is 5.02 Å². The Hall–Kier alpha value is -1.65. The Morgan fingerprint density at radius 1 is 1.00 bits per heavy atom. The van der Waals surface area contributed by atoms with E-state index >= 15 is 0 Å². The fourth-order valence-electron chi connectivity index (χ4n) is 2.86. The van der Waals surface area contributed by atoms with Crippen molar-refractivity contribution in [2.45, 2.75) is 17.1 Å². The zero-order valence-electron chi connectivity index (χ0n) is 13.7. The minimum atomic E-state index is -0.131. The fraction of sp³-hybridized carbons (Fsp3) is 0.316. The average Bonchev–Trinajstić information content (AvgIpc) is 2.64. The summed E-state index contributed by atoms with van der Waals surface area (Å²) >= 11 is 7.73. The summed E-state index contributed by atoms with van der Waals surface area (Å²) in [6.45, 7) is 5.24. The van der Waals surface area contributed by atoms with Gasteiger partial charge in [-0.1, -0.05) is 41.9 Å². The maximum absolute atomic E-state index is 12.7. The van der Waals surface area contributed by atoms with Gasteiger partial charge in [0.05, 0.1) is 10.3 Å². The zero-order chi connectivity index (χ0) is 16.9. The fourth-order valence-corrected chi connectivity index (χ4v) is 4.10. The van der Waals surface area contributed by atoms with Gasteiger partial charge in [0.25, 0.3) is 0 Å². The van der Waals surface area contributed by atoms with E-state index < -0.39 is 0 Å². The molecule has 0 spiro atoms. The van der Waals surface area contributed by atoms with Crippen molar-refractivity contribution in [2.75, 3.05) is 31.1 Å². The molecule has 5 heteroatoms. The number of hydrogen-bond acceptors (Lipinski definition) is 3. The van der Waals surface area contributed by atoms with Gasteiger partial charge in [0.15, 0.2) is 0 Å². The van der Waals surface area contributed by atoms with Gasteiger partial charge in [0.2, 0.25) is 5.91 Å². The minimum absolute atomic E-state index is 0.131. The predicted molar refractivity (Wildman–Crippen MR) is 102 cm³/mol. The third kappa shape index (κ3) is 4.05. The highest BCUT2D eigenvalue weighted by Gasteiger charge is 2.25. The van der Waals surface area contributed by atoms with Crippen LogP contribution in [-0.4, -0.2) is 42.2 Å². The van der Waals surface area contributed by atoms with E-state index in [1.54, 1.807) is 0 Å². The molecule has 3 nitrogen and oxygen atoms in total. The van der Waals surface area contributed by atoms with Crippen LogP contribution < -0.4 is 4.90 Å². The molecule has 1 aliphatic heterocycles. The number of para-hydroxylation sites is 1. The van der Waals surface area contributed by atoms with Crippen LogP contribution in [0, 0.1) is 0 Å². The van der Waals surface area contributed by atoms with Crippen LogP contribution in [0.5, 0.6) is 0 Å². The maximum atomic E-state index is 12.7. The molecule has 0 saturated carbocycles. The van der Waals surface area contributed by atoms with Crippen molar-refractivity contribution in [3.63, 3.8) is 0 Å². The van der Waals surface area contributed by atoms with Gasteiger partial charge in [-0.15, -0.1) is 11.8 Å². The molecule has 1 heterocycles. The highest BCUT2D eigenvalue weighted by Crippen LogP contribution is 2.31. The second kappa shape index (κ2) is 7.95. The second-order valence-corrected chi connectivity index (χ2v) is 7.63. The van der Waals surface area contributed by atoms with Gasteiger partial charge in [-0.05, 0) is 31.2 Å². The average molecular weight is 361 g/mol. The number of amides is 1. The van der Waals surface area contributed by atoms with Gasteiger partial charge in [0.1, 0.15) is 0 Å². The number of benzene rings is 2. The Balaban J connectivity index is 1.56. The molecule has 1 fully saturated rings. The first-order valence-electron chi connectivity index (χ1n) is 8.15. The maximum Gasteiger partial charge on any atom is 0.235 e. The summed E-state index contributed by atoms with van der Waals surface area (Å²) < 4.78 is 0. The molecule has 1 amide bonds. The quantitative estimate of drug-likeness (QED) is 0.764. The first kappa shape index (κ1) is 17.2. The lowest BCUT2D eigenvalue weighted by molar-refractivity contribution is -0.130. The van der Waals surface area contributed by atoms with Crippen LogP contribution in [0.4, 0.5) is 5.69 Å². The number of thioether (sulfide) groups is 1. The highest BCUT2D eigenvalue weighted by molar-refractivity contribution is 8.00. The summed E-state index contributed by atoms with van der Waals surface area (Å²) in [4.78, 5) is 18.0. The van der Waals surface area contributed by atoms with Gasteiger partial charge in [-0.25, -0.2) is 0 Å². The van der Waals surface area contributed by atoms with E-state index in [1.165, 1.54) is 17.4 Å². The van der Waals surface area contributed by atoms with E-state index in [0.717, 1.165) is 31.1 Å². The van der Waals surface area contributed by atoms with Crippen molar-refractivity contribution in [1.29, 1.82) is 0 Å². The molecular weight excluding hydrogens is 340 g/mol. The third-order valence-corrected chi connectivity index (χ3v) is 5.81. The molecule has 0 aromatic heterocycles. The van der Waals surface area contributed by atoms with Crippen LogP contribution in [0.3, 0.4) is 0 Å². The van der Waals surface area contributed by atoms with E-state index in [0.29, 0.717) is 5.02 Å². The molecule has 0 aliphatic carbocycles. The Morgan fingerprint density at radius 3 is 2.29 bits per heavy atom. The summed E-state index contributed by atoms with van der Waals surface area (Å²) in [6.07, 6.45) is 0. The molecular formula is C19H21ClN2OS. The van der Waals surface area contributed by atoms with Crippen molar-refractivity contribution in [3.05, 3.63) is 59.6 Å². The standard InChI is InChI=1S/C19H21ClN2OS/c1-15(24-18-10-6-5-9-17(18)20)19(23)22-13-11-21(12-14-22)16-7-3-2-4-8-16/h2-10,15H,11-14H2,1H3. The van der Waals surface area contributed by atoms with Crippen LogP contribution in [0.15, 0.2) is 59.5 Å². The summed E-state index contributed by atoms with van der Waals surface area (Å²) in [5, 5.41) is 0.573. The number of piperazine rings is 1. The topological polar surface area (TPSA) is 23.6 Å². The molecule has 1 atom stereocenters. The molecule has 1 saturated heterocycles. The summed E-state index contributed by atoms with van der Waals surface area (Å²) in [5.74, 6) is 0.188. The van der Waals surface area contributed by atoms with Crippen molar-refractivity contribution in [3.8, 4) is 0 Å². The van der Waals surface area contributed by atoms with Crippen molar-refractivity contribution in [2.24, 2.45) is 0 Å². The molecule has 1 aliphatic rings. The lowest BCUT2D eigenvalue weighted by Gasteiger charge is -2.37. The summed E-state index contributed by atoms with van der Waals surface area (Å²) in [5.41, 5.74) is 1.23. The predicted octanol–water partition coefficient (Wildman–Crippen LogP) is 4.17. The molecule has 0 radical (unpaired) electrons. The van der Waals surface area contributed by atoms with E-state index in [-0.39, 0.29) is 11.2 Å². The Morgan fingerprint density at radius 2 is 1.62 bits per heavy atom. The smallest absolute Gasteiger partial charge is 0.235 e. The van der Waals surface area contributed by atoms with Gasteiger partial charge in [0, 0.05) is 36.8 Å². The second-order valence-electron chi connectivity index (χ2n) is 5.84. The van der Waals surface area contributed by atoms with Gasteiger partial charge < -0.3 is 9.80 Å². The first-order valence-corrected chi connectivity index (χ1v) is 9.41. The summed E-state index contributed by atoms with van der Waals surface area (Å²) in [6, 6.07) is 18.0. The molecule has 1 unspecified atom stereocenters. The molecule has 24 heavy (non-hydrogen) atoms. The lowest BCUT2D eigenvalue weighted by atomic mass is 10.2. The lowest BCUT2D eigenvalue weighted by Crippen LogP contribution is -2.50. The number of rotatable bonds is 4. The van der Waals surface area contributed by atoms with E-state index in [2.05, 4.69) is 29.2 Å². The number of nitrogens with zero attached hydrogens (tertiary/aromatic N) is 2. The number of halogens is 1. The van der Waals surface area contributed by atoms with Crippen LogP contribution in [0.25, 0.3) is 0 Å². The first-order chi connectivity index (χ1) is 11.6. The minimum Gasteiger partial charge on any atom is -0.368 e. The zero-order valence-corrected chi connectivity index (χ0v) is 15.3. The summed E-state index contributed by atoms with van der Waals surface area (Å²) in [7, 11) is 0. The number of hydrogen-bond donors (Lipinski definition) is 0. The van der Waals surface area contributed by atoms with Crippen molar-refractivity contribution in [1.82, 2.24) is 4.90 Å². The molecule has 2 aromatic carbocycles. The van der Waals surface area contributed by atoms with Crippen LogP contribution >= 0.6 is 23.4 Å². The molecule has 0 bridgehead atoms. The Bertz CT molecular complexity index is 687. The van der Waals surface area contributed by atoms with Gasteiger partial charge >= 0.3 is 0 Å². The Labute approximate surface area is 152 Å². The van der Waals surface area contributed by atoms with E-state index in [4.69, 9.17) is 11.6 Å². The van der Waals surface area contributed by atoms with Crippen molar-refractivity contribution < 1.29 is 4.79 Å². The third-order valence-electron chi connectivity index (χ3n) is 4.20. The largest absolute Gasteiger partial charge is 0.368 e. The van der Waals surface area contributed by atoms with Crippen LogP contribution in [0.1, 0.15) is 6.92 Å². The van der Waals surface area contributed by atoms with Gasteiger partial charge in [-0.2, -0.15) is 0 Å². The van der Waals surface area contributed by atoms with E-state index in [1.807, 2.05) is 42.2 Å². The SMILES string of the molecule is CC(Sc1ccccc1Cl)C(=O)N1CCN(c2ccccc2)CC1. The normalized spacial score (nSPS) is 16.1. The van der Waals surface area contributed by atoms with Gasteiger partial charge in [-0.3, -0.25) is 4.79 Å². The molecule has 126 valence electrons. The Kier molecular flexibility index (Phi) is 5.69. The number of carbonyl (C=O) groups excluding carboxylic acids is 1. The molecule has 0 N–H and O–H groups in total.